The van der Waals surface area contributed by atoms with Crippen LogP contribution in [0.15, 0.2) is 109 Å². The number of alkyl halides is 3. The number of nitrogens with zero attached hydrogens (tertiary/aromatic N) is 2. The van der Waals surface area contributed by atoms with Crippen molar-refractivity contribution in [3.05, 3.63) is 137 Å². The van der Waals surface area contributed by atoms with E-state index in [-0.39, 0.29) is 17.8 Å². The molecule has 2 aromatic heterocycles. The van der Waals surface area contributed by atoms with Crippen LogP contribution in [0.2, 0.25) is 0 Å². The fourth-order valence-electron chi connectivity index (χ4n) is 4.31. The molecule has 5 rings (SSSR count). The van der Waals surface area contributed by atoms with E-state index in [2.05, 4.69) is 10.3 Å². The molecule has 0 aliphatic rings. The normalized spacial score (nSPS) is 11.7. The summed E-state index contributed by atoms with van der Waals surface area (Å²) < 4.78 is 33.8. The van der Waals surface area contributed by atoms with Gasteiger partial charge in [0.05, 0.1) is 6.04 Å². The lowest BCUT2D eigenvalue weighted by atomic mass is 9.99. The van der Waals surface area contributed by atoms with Crippen molar-refractivity contribution in [1.29, 1.82) is 5.41 Å². The van der Waals surface area contributed by atoms with Gasteiger partial charge in [-0.15, -0.1) is 0 Å². The molecule has 1 amide bonds. The van der Waals surface area contributed by atoms with Crippen molar-refractivity contribution < 1.29 is 27.9 Å². The van der Waals surface area contributed by atoms with E-state index in [9.17, 15) is 18.0 Å². The number of aliphatic carboxylic acids is 1. The first-order valence-electron chi connectivity index (χ1n) is 12.6. The lowest BCUT2D eigenvalue weighted by molar-refractivity contribution is -0.192. The summed E-state index contributed by atoms with van der Waals surface area (Å²) in [5, 5.41) is 19.0. The number of amides is 1. The topological polar surface area (TPSA) is 134 Å². The molecule has 42 heavy (non-hydrogen) atoms. The minimum Gasteiger partial charge on any atom is -0.475 e. The highest BCUT2D eigenvalue weighted by Gasteiger charge is 2.38. The summed E-state index contributed by atoms with van der Waals surface area (Å²) in [4.78, 5) is 26.8. The Hall–Kier alpha value is -5.45. The van der Waals surface area contributed by atoms with E-state index < -0.39 is 12.1 Å². The maximum atomic E-state index is 13.7. The predicted molar refractivity (Wildman–Crippen MR) is 152 cm³/mol. The smallest absolute Gasteiger partial charge is 0.475 e. The van der Waals surface area contributed by atoms with E-state index in [1.807, 2.05) is 102 Å². The van der Waals surface area contributed by atoms with Crippen molar-refractivity contribution in [1.82, 2.24) is 14.9 Å². The maximum absolute atomic E-state index is 13.7. The highest BCUT2D eigenvalue weighted by molar-refractivity contribution is 5.99. The Bertz CT molecular complexity index is 1650. The molecule has 2 heterocycles. The van der Waals surface area contributed by atoms with Crippen LogP contribution >= 0.6 is 0 Å². The van der Waals surface area contributed by atoms with Crippen molar-refractivity contribution in [2.24, 2.45) is 5.73 Å². The van der Waals surface area contributed by atoms with Gasteiger partial charge in [-0.1, -0.05) is 72.8 Å². The summed E-state index contributed by atoms with van der Waals surface area (Å²) >= 11 is 0. The monoisotopic (exact) mass is 573 g/mol. The van der Waals surface area contributed by atoms with Crippen LogP contribution in [-0.2, 0) is 11.3 Å². The van der Waals surface area contributed by atoms with Crippen LogP contribution < -0.4 is 11.1 Å². The third-order valence-corrected chi connectivity index (χ3v) is 6.34. The second kappa shape index (κ2) is 12.8. The Morgan fingerprint density at radius 2 is 1.48 bits per heavy atom. The first-order valence-corrected chi connectivity index (χ1v) is 12.6. The maximum Gasteiger partial charge on any atom is 0.490 e. The number of rotatable bonds is 7. The Balaban J connectivity index is 0.000000517. The Kier molecular flexibility index (Phi) is 9.01. The lowest BCUT2D eigenvalue weighted by Crippen LogP contribution is -2.31. The van der Waals surface area contributed by atoms with Gasteiger partial charge in [0, 0.05) is 35.4 Å². The summed E-state index contributed by atoms with van der Waals surface area (Å²) in [5.74, 6) is -2.88. The third kappa shape index (κ3) is 7.19. The highest BCUT2D eigenvalue weighted by atomic mass is 19.4. The number of amidine groups is 1. The van der Waals surface area contributed by atoms with Gasteiger partial charge in [-0.05, 0) is 41.0 Å². The second-order valence-corrected chi connectivity index (χ2v) is 9.19. The molecule has 0 aliphatic carbocycles. The van der Waals surface area contributed by atoms with Gasteiger partial charge in [-0.2, -0.15) is 13.2 Å². The average molecular weight is 574 g/mol. The number of aromatic nitrogens is 2. The molecule has 0 aliphatic heterocycles. The molecule has 0 bridgehead atoms. The molecule has 0 fully saturated rings. The number of para-hydroxylation sites is 1. The van der Waals surface area contributed by atoms with Crippen molar-refractivity contribution >= 4 is 28.6 Å². The predicted octanol–water partition coefficient (Wildman–Crippen LogP) is 5.52. The van der Waals surface area contributed by atoms with E-state index in [1.165, 1.54) is 0 Å². The van der Waals surface area contributed by atoms with E-state index in [4.69, 9.17) is 21.0 Å². The molecule has 5 N–H and O–H groups in total. The number of nitrogens with two attached hydrogens (primary N) is 1. The molecule has 8 nitrogen and oxygen atoms in total. The summed E-state index contributed by atoms with van der Waals surface area (Å²) in [5.41, 5.74) is 10.8. The molecule has 0 spiro atoms. The van der Waals surface area contributed by atoms with Crippen LogP contribution in [0.5, 0.6) is 0 Å². The Morgan fingerprint density at radius 1 is 0.905 bits per heavy atom. The zero-order chi connectivity index (χ0) is 30.3. The van der Waals surface area contributed by atoms with Gasteiger partial charge in [0.2, 0.25) is 0 Å². The quantitative estimate of drug-likeness (QED) is 0.150. The third-order valence-electron chi connectivity index (χ3n) is 6.34. The number of nitrogen functional groups attached to an aromatic ring is 1. The fraction of sp³-hybridized carbons (Fsp3) is 0.0968. The van der Waals surface area contributed by atoms with Crippen LogP contribution in [0, 0.1) is 5.41 Å². The SMILES string of the molecule is N=C(N)c1ccc(Cn2c(C(=O)NC(c3ccccc3)c3ccncc3)cc3ccccc32)cc1.O=C(O)C(F)(F)F. The number of hydrogen-bond donors (Lipinski definition) is 4. The zero-order valence-electron chi connectivity index (χ0n) is 22.0. The van der Waals surface area contributed by atoms with Gasteiger partial charge in [-0.25, -0.2) is 4.79 Å². The number of carbonyl (C=O) groups is 2. The van der Waals surface area contributed by atoms with Gasteiger partial charge in [0.15, 0.2) is 0 Å². The molecule has 0 saturated heterocycles. The fourth-order valence-corrected chi connectivity index (χ4v) is 4.31. The number of benzene rings is 3. The van der Waals surface area contributed by atoms with E-state index >= 15 is 0 Å². The van der Waals surface area contributed by atoms with Gasteiger partial charge in [0.25, 0.3) is 5.91 Å². The number of fused-ring (bicyclic) bond motifs is 1. The van der Waals surface area contributed by atoms with Crippen LogP contribution in [0.1, 0.15) is 38.8 Å². The molecule has 11 heteroatoms. The Morgan fingerprint density at radius 3 is 2.07 bits per heavy atom. The van der Waals surface area contributed by atoms with Crippen LogP contribution in [0.25, 0.3) is 10.9 Å². The number of halogens is 3. The first-order chi connectivity index (χ1) is 20.0. The average Bonchev–Trinajstić information content (AvgIpc) is 3.35. The Labute approximate surface area is 238 Å². The summed E-state index contributed by atoms with van der Waals surface area (Å²) in [6, 6.07) is 30.9. The molecule has 1 unspecified atom stereocenters. The number of carboxylic acids is 1. The van der Waals surface area contributed by atoms with Crippen LogP contribution in [0.4, 0.5) is 13.2 Å². The summed E-state index contributed by atoms with van der Waals surface area (Å²) in [7, 11) is 0. The molecule has 5 aromatic rings. The molecule has 0 radical (unpaired) electrons. The number of pyridine rings is 1. The van der Waals surface area contributed by atoms with E-state index in [0.717, 1.165) is 27.6 Å². The molecule has 1 atom stereocenters. The van der Waals surface area contributed by atoms with E-state index in [0.29, 0.717) is 17.8 Å². The van der Waals surface area contributed by atoms with Gasteiger partial charge in [-0.3, -0.25) is 15.2 Å². The van der Waals surface area contributed by atoms with Gasteiger partial charge in [0.1, 0.15) is 11.5 Å². The van der Waals surface area contributed by atoms with Gasteiger partial charge >= 0.3 is 12.1 Å². The van der Waals surface area contributed by atoms with Crippen molar-refractivity contribution in [3.63, 3.8) is 0 Å². The number of carboxylic acid groups (broad SMARTS) is 1. The molecule has 3 aromatic carbocycles. The molecular formula is C31H26F3N5O3. The molecular weight excluding hydrogens is 547 g/mol. The summed E-state index contributed by atoms with van der Waals surface area (Å²) in [6.45, 7) is 0.514. The lowest BCUT2D eigenvalue weighted by Gasteiger charge is -2.20. The van der Waals surface area contributed by atoms with Gasteiger partial charge < -0.3 is 20.7 Å². The van der Waals surface area contributed by atoms with Crippen LogP contribution in [0.3, 0.4) is 0 Å². The summed E-state index contributed by atoms with van der Waals surface area (Å²) in [6.07, 6.45) is -1.61. The van der Waals surface area contributed by atoms with Crippen molar-refractivity contribution in [2.45, 2.75) is 18.8 Å². The first kappa shape index (κ1) is 29.5. The number of hydrogen-bond acceptors (Lipinski definition) is 4. The van der Waals surface area contributed by atoms with Crippen molar-refractivity contribution in [3.8, 4) is 0 Å². The second-order valence-electron chi connectivity index (χ2n) is 9.19. The van der Waals surface area contributed by atoms with E-state index in [1.54, 1.807) is 12.4 Å². The minimum atomic E-state index is -5.08. The molecule has 214 valence electrons. The molecule has 0 saturated carbocycles. The largest absolute Gasteiger partial charge is 0.490 e. The minimum absolute atomic E-state index is 0.0334. The van der Waals surface area contributed by atoms with Crippen LogP contribution in [-0.4, -0.2) is 38.5 Å². The number of nitrogens with one attached hydrogen (secondary N) is 2. The zero-order valence-corrected chi connectivity index (χ0v) is 22.0. The highest BCUT2D eigenvalue weighted by Crippen LogP contribution is 2.25. The standard InChI is InChI=1S/C29H25N5O.C2HF3O2/c30-28(31)23-12-10-20(11-13-23)19-34-25-9-5-4-8-24(25)18-26(34)29(35)33-27(21-6-2-1-3-7-21)22-14-16-32-17-15-22;3-2(4,5)1(6)7/h1-18,27H,19H2,(H3,30,31)(H,33,35);(H,6,7). The number of carbonyl (C=O) groups excluding carboxylic acids is 1. The van der Waals surface area contributed by atoms with Crippen molar-refractivity contribution in [2.75, 3.05) is 0 Å².